The van der Waals surface area contributed by atoms with E-state index >= 15 is 0 Å². The highest BCUT2D eigenvalue weighted by atomic mass is 19.1. The third-order valence-corrected chi connectivity index (χ3v) is 2.25. The van der Waals surface area contributed by atoms with Gasteiger partial charge in [0, 0.05) is 11.6 Å². The first kappa shape index (κ1) is 12.8. The summed E-state index contributed by atoms with van der Waals surface area (Å²) in [6, 6.07) is 2.43. The molecule has 0 saturated carbocycles. The molecule has 0 radical (unpaired) electrons. The maximum atomic E-state index is 12.9. The fourth-order valence-corrected chi connectivity index (χ4v) is 1.43. The number of carboxylic acids is 1. The molecule has 6 nitrogen and oxygen atoms in total. The van der Waals surface area contributed by atoms with Crippen LogP contribution in [0.15, 0.2) is 24.4 Å². The van der Waals surface area contributed by atoms with Crippen LogP contribution in [0.5, 0.6) is 0 Å². The number of benzene rings is 1. The van der Waals surface area contributed by atoms with Gasteiger partial charge in [0.25, 0.3) is 0 Å². The number of aromatic carboxylic acids is 1. The molecule has 1 heterocycles. The molecule has 0 spiro atoms. The van der Waals surface area contributed by atoms with Gasteiger partial charge in [-0.25, -0.2) is 18.3 Å². The number of halogens is 2. The van der Waals surface area contributed by atoms with E-state index in [1.54, 1.807) is 0 Å². The summed E-state index contributed by atoms with van der Waals surface area (Å²) in [7, 11) is 0. The number of ketones is 1. The monoisotopic (exact) mass is 267 g/mol. The predicted octanol–water partition coefficient (Wildman–Crippen LogP) is 1.14. The Morgan fingerprint density at radius 2 is 1.84 bits per heavy atom. The Labute approximate surface area is 105 Å². The number of Topliss-reactive ketones (excluding diaryl/α,β-unsaturated/α-hetero) is 1. The van der Waals surface area contributed by atoms with Crippen molar-refractivity contribution in [1.29, 1.82) is 0 Å². The van der Waals surface area contributed by atoms with E-state index in [1.165, 1.54) is 0 Å². The molecule has 98 valence electrons. The molecule has 8 heteroatoms. The van der Waals surface area contributed by atoms with E-state index in [9.17, 15) is 18.4 Å². The van der Waals surface area contributed by atoms with E-state index < -0.39 is 23.4 Å². The second-order valence-corrected chi connectivity index (χ2v) is 3.69. The van der Waals surface area contributed by atoms with Crippen LogP contribution in [0, 0.1) is 11.6 Å². The highest BCUT2D eigenvalue weighted by molar-refractivity contribution is 5.96. The lowest BCUT2D eigenvalue weighted by molar-refractivity contribution is 0.0690. The number of aromatic nitrogens is 3. The van der Waals surface area contributed by atoms with Gasteiger partial charge in [-0.3, -0.25) is 4.79 Å². The van der Waals surface area contributed by atoms with Gasteiger partial charge in [0.2, 0.25) is 0 Å². The molecule has 19 heavy (non-hydrogen) atoms. The van der Waals surface area contributed by atoms with Crippen LogP contribution in [0.2, 0.25) is 0 Å². The lowest BCUT2D eigenvalue weighted by atomic mass is 10.1. The zero-order valence-electron chi connectivity index (χ0n) is 9.38. The zero-order chi connectivity index (χ0) is 14.0. The van der Waals surface area contributed by atoms with Crippen LogP contribution in [0.25, 0.3) is 0 Å². The molecule has 0 amide bonds. The van der Waals surface area contributed by atoms with E-state index in [-0.39, 0.29) is 17.8 Å². The van der Waals surface area contributed by atoms with Crippen molar-refractivity contribution in [3.8, 4) is 0 Å². The molecule has 0 aliphatic heterocycles. The van der Waals surface area contributed by atoms with Crippen LogP contribution >= 0.6 is 0 Å². The fourth-order valence-electron chi connectivity index (χ4n) is 1.43. The van der Waals surface area contributed by atoms with E-state index in [4.69, 9.17) is 5.11 Å². The molecule has 1 aromatic heterocycles. The summed E-state index contributed by atoms with van der Waals surface area (Å²) < 4.78 is 26.8. The Morgan fingerprint density at radius 1 is 1.21 bits per heavy atom. The fraction of sp³-hybridized carbons (Fsp3) is 0.0909. The van der Waals surface area contributed by atoms with Crippen LogP contribution in [-0.4, -0.2) is 31.9 Å². The number of carboxylic acid groups (broad SMARTS) is 1. The summed E-state index contributed by atoms with van der Waals surface area (Å²) in [5.41, 5.74) is -0.483. The van der Waals surface area contributed by atoms with Crippen molar-refractivity contribution in [2.45, 2.75) is 6.54 Å². The smallest absolute Gasteiger partial charge is 0.358 e. The normalized spacial score (nSPS) is 10.4. The van der Waals surface area contributed by atoms with E-state index in [2.05, 4.69) is 10.3 Å². The van der Waals surface area contributed by atoms with Crippen molar-refractivity contribution in [2.75, 3.05) is 0 Å². The average molecular weight is 267 g/mol. The van der Waals surface area contributed by atoms with Crippen molar-refractivity contribution in [3.63, 3.8) is 0 Å². The zero-order valence-corrected chi connectivity index (χ0v) is 9.38. The first-order valence-electron chi connectivity index (χ1n) is 5.08. The molecule has 1 aromatic carbocycles. The Hall–Kier alpha value is -2.64. The van der Waals surface area contributed by atoms with Crippen molar-refractivity contribution in [1.82, 2.24) is 15.0 Å². The maximum absolute atomic E-state index is 12.9. The number of hydrogen-bond donors (Lipinski definition) is 1. The third kappa shape index (κ3) is 2.97. The van der Waals surface area contributed by atoms with Crippen LogP contribution in [-0.2, 0) is 6.54 Å². The Morgan fingerprint density at radius 3 is 2.37 bits per heavy atom. The second kappa shape index (κ2) is 4.92. The number of nitrogens with zero attached hydrogens (tertiary/aromatic N) is 3. The number of carbonyl (C=O) groups is 2. The minimum Gasteiger partial charge on any atom is -0.476 e. The van der Waals surface area contributed by atoms with Gasteiger partial charge in [-0.2, -0.15) is 0 Å². The third-order valence-electron chi connectivity index (χ3n) is 2.25. The van der Waals surface area contributed by atoms with Crippen molar-refractivity contribution < 1.29 is 23.5 Å². The first-order chi connectivity index (χ1) is 8.95. The number of carbonyl (C=O) groups excluding carboxylic acids is 1. The highest BCUT2D eigenvalue weighted by Gasteiger charge is 2.13. The van der Waals surface area contributed by atoms with E-state index in [0.717, 1.165) is 23.0 Å². The van der Waals surface area contributed by atoms with Crippen molar-refractivity contribution in [2.24, 2.45) is 0 Å². The molecule has 1 N–H and O–H groups in total. The number of rotatable bonds is 4. The Balaban J connectivity index is 2.18. The molecule has 2 rings (SSSR count). The quantitative estimate of drug-likeness (QED) is 0.839. The van der Waals surface area contributed by atoms with Crippen LogP contribution in [0.1, 0.15) is 20.8 Å². The summed E-state index contributed by atoms with van der Waals surface area (Å²) in [6.07, 6.45) is 1.05. The number of hydrogen-bond acceptors (Lipinski definition) is 4. The van der Waals surface area contributed by atoms with Crippen molar-refractivity contribution in [3.05, 3.63) is 47.3 Å². The van der Waals surface area contributed by atoms with Crippen LogP contribution in [0.4, 0.5) is 8.78 Å². The first-order valence-corrected chi connectivity index (χ1v) is 5.08. The molecule has 0 fully saturated rings. The minimum atomic E-state index is -1.28. The molecule has 0 saturated heterocycles. The van der Waals surface area contributed by atoms with Crippen LogP contribution < -0.4 is 0 Å². The standard InChI is InChI=1S/C11H7F2N3O3/c12-7-1-6(2-8(13)3-7)10(17)5-16-4-9(11(18)19)14-15-16/h1-4H,5H2,(H,18,19). The van der Waals surface area contributed by atoms with Gasteiger partial charge >= 0.3 is 5.97 Å². The summed E-state index contributed by atoms with van der Waals surface area (Å²) in [4.78, 5) is 22.3. The van der Waals surface area contributed by atoms with Gasteiger partial charge in [0.05, 0.1) is 6.20 Å². The van der Waals surface area contributed by atoms with Gasteiger partial charge < -0.3 is 5.11 Å². The van der Waals surface area contributed by atoms with Gasteiger partial charge in [-0.05, 0) is 12.1 Å². The molecule has 0 atom stereocenters. The molecule has 0 bridgehead atoms. The Bertz CT molecular complexity index is 634. The Kier molecular flexibility index (Phi) is 3.32. The molecule has 0 aliphatic rings. The van der Waals surface area contributed by atoms with Gasteiger partial charge in [0.1, 0.15) is 18.2 Å². The average Bonchev–Trinajstić information content (AvgIpc) is 2.76. The maximum Gasteiger partial charge on any atom is 0.358 e. The minimum absolute atomic E-state index is 0.162. The summed E-state index contributed by atoms with van der Waals surface area (Å²) >= 11 is 0. The SMILES string of the molecule is O=C(Cn1cc(C(=O)O)nn1)c1cc(F)cc(F)c1. The van der Waals surface area contributed by atoms with Crippen LogP contribution in [0.3, 0.4) is 0 Å². The molecule has 0 unspecified atom stereocenters. The molecular formula is C11H7F2N3O3. The van der Waals surface area contributed by atoms with E-state index in [0.29, 0.717) is 6.07 Å². The topological polar surface area (TPSA) is 85.1 Å². The molecule has 2 aromatic rings. The highest BCUT2D eigenvalue weighted by Crippen LogP contribution is 2.09. The van der Waals surface area contributed by atoms with Gasteiger partial charge in [0.15, 0.2) is 11.5 Å². The van der Waals surface area contributed by atoms with Crippen molar-refractivity contribution >= 4 is 11.8 Å². The second-order valence-electron chi connectivity index (χ2n) is 3.69. The summed E-state index contributed by atoms with van der Waals surface area (Å²) in [5, 5.41) is 15.4. The largest absolute Gasteiger partial charge is 0.476 e. The summed E-state index contributed by atoms with van der Waals surface area (Å²) in [6.45, 7) is -0.358. The summed E-state index contributed by atoms with van der Waals surface area (Å²) in [5.74, 6) is -3.63. The van der Waals surface area contributed by atoms with Gasteiger partial charge in [-0.1, -0.05) is 5.21 Å². The molecule has 0 aliphatic carbocycles. The lowest BCUT2D eigenvalue weighted by Crippen LogP contribution is -2.11. The van der Waals surface area contributed by atoms with E-state index in [1.807, 2.05) is 0 Å². The van der Waals surface area contributed by atoms with Gasteiger partial charge in [-0.15, -0.1) is 5.10 Å². The predicted molar refractivity (Wildman–Crippen MR) is 57.7 cm³/mol. The lowest BCUT2D eigenvalue weighted by Gasteiger charge is -2.01. The molecular weight excluding hydrogens is 260 g/mol.